The summed E-state index contributed by atoms with van der Waals surface area (Å²) in [5.74, 6) is -1.30. The lowest BCUT2D eigenvalue weighted by Gasteiger charge is -2.00. The summed E-state index contributed by atoms with van der Waals surface area (Å²) in [6, 6.07) is 0. The molecule has 4 aromatic heterocycles. The first-order chi connectivity index (χ1) is 15.9. The number of nitrogens with zero attached hydrogens (tertiary/aromatic N) is 6. The number of nitrogens with one attached hydrogen (secondary N) is 2. The van der Waals surface area contributed by atoms with Crippen LogP contribution >= 0.6 is 22.6 Å². The molecule has 0 spiro atoms. The number of aromatic nitrogens is 8. The minimum Gasteiger partial charge on any atom is -0.339 e. The molecule has 0 saturated heterocycles. The maximum Gasteiger partial charge on any atom is 0.449 e. The largest absolute Gasteiger partial charge is 0.449 e. The quantitative estimate of drug-likeness (QED) is 0.169. The minimum absolute atomic E-state index is 0.314. The van der Waals surface area contributed by atoms with Crippen LogP contribution in [0.5, 0.6) is 0 Å². The molecule has 2 N–H and O–H groups in total. The van der Waals surface area contributed by atoms with Crippen molar-refractivity contribution >= 4 is 44.9 Å². The van der Waals surface area contributed by atoms with Gasteiger partial charge in [0, 0.05) is 50.8 Å². The highest BCUT2D eigenvalue weighted by molar-refractivity contribution is 14.1. The highest BCUT2D eigenvalue weighted by Gasteiger charge is 2.35. The molecule has 4 rings (SSSR count). The number of hydrogen-bond donors (Lipinski definition) is 2. The monoisotopic (exact) mass is 624 g/mol. The van der Waals surface area contributed by atoms with Crippen LogP contribution in [0.25, 0.3) is 22.3 Å². The summed E-state index contributed by atoms with van der Waals surface area (Å²) >= 11 is 0.378. The number of aryl methyl sites for hydroxylation is 2. The average Bonchev–Trinajstić information content (AvgIpc) is 3.40. The molecule has 0 saturated carbocycles. The Bertz CT molecular complexity index is 1610. The molecular formula is C16H15F6IN8O4. The third-order valence-electron chi connectivity index (χ3n) is 4.39. The van der Waals surface area contributed by atoms with Crippen LogP contribution in [0.15, 0.2) is 25.5 Å². The Labute approximate surface area is 202 Å². The van der Waals surface area contributed by atoms with Crippen LogP contribution in [0.3, 0.4) is 0 Å². The van der Waals surface area contributed by atoms with Gasteiger partial charge >= 0.3 is 21.7 Å². The molecule has 0 radical (unpaired) electrons. The van der Waals surface area contributed by atoms with Crippen LogP contribution in [0, 0.1) is 0 Å². The summed E-state index contributed by atoms with van der Waals surface area (Å²) in [5.41, 5.74) is -2.22. The zero-order valence-electron chi connectivity index (χ0n) is 18.0. The molecule has 19 heteroatoms. The first-order valence-electron chi connectivity index (χ1n) is 8.93. The number of rotatable bonds is 0. The summed E-state index contributed by atoms with van der Waals surface area (Å²) in [5, 5.41) is 0. The van der Waals surface area contributed by atoms with Crippen LogP contribution in [-0.4, -0.2) is 42.4 Å². The van der Waals surface area contributed by atoms with Crippen molar-refractivity contribution in [2.45, 2.75) is 10.4 Å². The van der Waals surface area contributed by atoms with Gasteiger partial charge in [-0.3, -0.25) is 27.9 Å². The third kappa shape index (κ3) is 6.00. The molecule has 0 unspecified atom stereocenters. The van der Waals surface area contributed by atoms with Crippen LogP contribution in [0.4, 0.5) is 26.3 Å². The molecule has 0 aliphatic rings. The topological polar surface area (TPSA) is 145 Å². The van der Waals surface area contributed by atoms with Crippen molar-refractivity contribution in [1.82, 2.24) is 38.2 Å². The van der Waals surface area contributed by atoms with Gasteiger partial charge < -0.3 is 9.97 Å². The number of halogens is 7. The van der Waals surface area contributed by atoms with Crippen LogP contribution in [0.1, 0.15) is 5.82 Å². The van der Waals surface area contributed by atoms with Gasteiger partial charge in [-0.2, -0.15) is 26.3 Å². The van der Waals surface area contributed by atoms with Gasteiger partial charge in [-0.25, -0.2) is 19.6 Å². The van der Waals surface area contributed by atoms with Gasteiger partial charge in [0.1, 0.15) is 11.0 Å². The van der Waals surface area contributed by atoms with E-state index in [-0.39, 0.29) is 22.4 Å². The summed E-state index contributed by atoms with van der Waals surface area (Å²) in [4.78, 5) is 57.5. The van der Waals surface area contributed by atoms with Gasteiger partial charge in [-0.1, -0.05) is 0 Å². The number of aromatic amines is 2. The van der Waals surface area contributed by atoms with E-state index in [4.69, 9.17) is 0 Å². The fraction of sp³-hybridized carbons (Fsp3) is 0.375. The van der Waals surface area contributed by atoms with Crippen molar-refractivity contribution in [3.8, 4) is 0 Å². The molecule has 0 atom stereocenters. The Morgan fingerprint density at radius 2 is 1.20 bits per heavy atom. The second kappa shape index (κ2) is 9.70. The smallest absolute Gasteiger partial charge is 0.339 e. The second-order valence-corrected chi connectivity index (χ2v) is 7.95. The average molecular weight is 624 g/mol. The Hall–Kier alpha value is -3.39. The zero-order chi connectivity index (χ0) is 27.0. The molecule has 12 nitrogen and oxygen atoms in total. The van der Waals surface area contributed by atoms with E-state index in [1.807, 2.05) is 4.98 Å². The summed E-state index contributed by atoms with van der Waals surface area (Å²) in [7, 11) is 5.43. The van der Waals surface area contributed by atoms with E-state index in [1.165, 1.54) is 32.0 Å². The van der Waals surface area contributed by atoms with E-state index in [2.05, 4.69) is 15.0 Å². The molecule has 192 valence electrons. The van der Waals surface area contributed by atoms with Gasteiger partial charge in [0.2, 0.25) is 5.82 Å². The molecule has 0 fully saturated rings. The van der Waals surface area contributed by atoms with E-state index in [0.29, 0.717) is 38.3 Å². The van der Waals surface area contributed by atoms with Crippen molar-refractivity contribution < 1.29 is 26.3 Å². The zero-order valence-corrected chi connectivity index (χ0v) is 20.2. The highest BCUT2D eigenvalue weighted by Crippen LogP contribution is 2.27. The van der Waals surface area contributed by atoms with Crippen LogP contribution in [0.2, 0.25) is 0 Å². The van der Waals surface area contributed by atoms with Crippen molar-refractivity contribution in [3.63, 3.8) is 0 Å². The van der Waals surface area contributed by atoms with Crippen molar-refractivity contribution in [1.29, 1.82) is 0 Å². The van der Waals surface area contributed by atoms with E-state index >= 15 is 0 Å². The predicted molar refractivity (Wildman–Crippen MR) is 118 cm³/mol. The lowest BCUT2D eigenvalue weighted by Crippen LogP contribution is -2.36. The van der Waals surface area contributed by atoms with Gasteiger partial charge in [0.25, 0.3) is 11.1 Å². The Kier molecular flexibility index (Phi) is 7.72. The van der Waals surface area contributed by atoms with Crippen molar-refractivity contribution in [2.24, 2.45) is 28.2 Å². The fourth-order valence-electron chi connectivity index (χ4n) is 2.73. The highest BCUT2D eigenvalue weighted by atomic mass is 127. The molecule has 0 amide bonds. The van der Waals surface area contributed by atoms with Crippen molar-refractivity contribution in [2.75, 3.05) is 0 Å². The molecular weight excluding hydrogens is 609 g/mol. The maximum absolute atomic E-state index is 12.4. The molecule has 0 aliphatic carbocycles. The maximum atomic E-state index is 12.4. The Morgan fingerprint density at radius 3 is 1.66 bits per heavy atom. The fourth-order valence-corrected chi connectivity index (χ4v) is 2.73. The molecule has 4 aromatic rings. The third-order valence-corrected chi connectivity index (χ3v) is 4.39. The van der Waals surface area contributed by atoms with E-state index in [9.17, 15) is 45.5 Å². The standard InChI is InChI=1S/C8H7F3N4O2.C7H8N4O2.CF3I/c1-14-4-3(5(16)15(2)7(14)17)12-6(13-4)8(9,10)11;1-10-5-4(8-3-9-5)6(12)11(2)7(10)13;2-1(3,4)5/h1-2H3,(H,12,13);3H,1-2H3,(H,8,9);. The molecule has 0 bridgehead atoms. The number of hydrogen-bond acceptors (Lipinski definition) is 6. The number of imidazole rings is 2. The predicted octanol–water partition coefficient (Wildman–Crippen LogP) is 0.881. The molecule has 0 aliphatic heterocycles. The van der Waals surface area contributed by atoms with Crippen molar-refractivity contribution in [3.05, 3.63) is 53.8 Å². The molecule has 0 aromatic carbocycles. The Balaban J connectivity index is 0.000000212. The SMILES string of the molecule is Cn1c(=O)c2[nH]c(C(F)(F)F)nc2n(C)c1=O.Cn1c(=O)c2[nH]cnc2n(C)c1=O.FC(F)(F)I. The first-order valence-corrected chi connectivity index (χ1v) is 10.0. The lowest BCUT2D eigenvalue weighted by atomic mass is 10.5. The van der Waals surface area contributed by atoms with Gasteiger partial charge in [-0.15, -0.1) is 0 Å². The summed E-state index contributed by atoms with van der Waals surface area (Å²) in [6.45, 7) is 0. The first kappa shape index (κ1) is 27.9. The van der Waals surface area contributed by atoms with E-state index < -0.39 is 27.4 Å². The molecule has 35 heavy (non-hydrogen) atoms. The molecule has 4 heterocycles. The number of H-pyrrole nitrogens is 2. The minimum atomic E-state index is -4.69. The summed E-state index contributed by atoms with van der Waals surface area (Å²) in [6.07, 6.45) is -3.30. The van der Waals surface area contributed by atoms with E-state index in [0.717, 1.165) is 9.13 Å². The Morgan fingerprint density at radius 1 is 0.771 bits per heavy atom. The summed E-state index contributed by atoms with van der Waals surface area (Å²) < 4.78 is 68.1. The normalized spacial score (nSPS) is 11.7. The van der Waals surface area contributed by atoms with Gasteiger partial charge in [0.05, 0.1) is 6.33 Å². The van der Waals surface area contributed by atoms with Crippen LogP contribution in [-0.2, 0) is 34.4 Å². The van der Waals surface area contributed by atoms with Crippen LogP contribution < -0.4 is 22.5 Å². The van der Waals surface area contributed by atoms with Gasteiger partial charge in [-0.05, 0) is 0 Å². The van der Waals surface area contributed by atoms with Gasteiger partial charge in [0.15, 0.2) is 11.3 Å². The second-order valence-electron chi connectivity index (χ2n) is 6.72. The number of fused-ring (bicyclic) bond motifs is 2. The lowest BCUT2D eigenvalue weighted by molar-refractivity contribution is -0.144. The van der Waals surface area contributed by atoms with E-state index in [1.54, 1.807) is 7.05 Å². The number of alkyl halides is 7.